The van der Waals surface area contributed by atoms with Crippen molar-refractivity contribution in [1.82, 2.24) is 0 Å². The van der Waals surface area contributed by atoms with Crippen LogP contribution < -0.4 is 5.73 Å². The summed E-state index contributed by atoms with van der Waals surface area (Å²) < 4.78 is 10.1. The zero-order chi connectivity index (χ0) is 12.4. The predicted octanol–water partition coefficient (Wildman–Crippen LogP) is 1.58. The van der Waals surface area contributed by atoms with E-state index in [1.807, 2.05) is 6.92 Å². The maximum atomic E-state index is 11.4. The van der Waals surface area contributed by atoms with Crippen LogP contribution in [-0.4, -0.2) is 32.3 Å². The van der Waals surface area contributed by atoms with E-state index in [0.29, 0.717) is 38.7 Å². The molecule has 4 nitrogen and oxygen atoms in total. The van der Waals surface area contributed by atoms with Crippen molar-refractivity contribution in [2.75, 3.05) is 26.4 Å². The van der Waals surface area contributed by atoms with Crippen LogP contribution in [0, 0.1) is 11.8 Å². The topological polar surface area (TPSA) is 61.5 Å². The number of rotatable bonds is 9. The van der Waals surface area contributed by atoms with Gasteiger partial charge in [-0.2, -0.15) is 0 Å². The minimum atomic E-state index is -0.171. The molecule has 0 aromatic heterocycles. The third-order valence-electron chi connectivity index (χ3n) is 2.29. The fourth-order valence-electron chi connectivity index (χ4n) is 1.58. The minimum absolute atomic E-state index is 0.171. The third-order valence-corrected chi connectivity index (χ3v) is 2.29. The second kappa shape index (κ2) is 9.60. The zero-order valence-electron chi connectivity index (χ0n) is 10.7. The lowest BCUT2D eigenvalue weighted by atomic mass is 9.94. The molecule has 1 atom stereocenters. The summed E-state index contributed by atoms with van der Waals surface area (Å²) in [6.07, 6.45) is 1.39. The van der Waals surface area contributed by atoms with E-state index in [4.69, 9.17) is 15.2 Å². The van der Waals surface area contributed by atoms with Crippen LogP contribution in [0.15, 0.2) is 0 Å². The Bertz CT molecular complexity index is 183. The molecule has 0 aromatic carbocycles. The SMILES string of the molecule is CCOCCOC(=O)C[C@@H](CN)CC(C)C. The van der Waals surface area contributed by atoms with Gasteiger partial charge in [-0.3, -0.25) is 4.79 Å². The summed E-state index contributed by atoms with van der Waals surface area (Å²) in [6.45, 7) is 8.17. The molecule has 0 amide bonds. The molecule has 0 aliphatic rings. The number of ether oxygens (including phenoxy) is 2. The second-order valence-electron chi connectivity index (χ2n) is 4.35. The summed E-state index contributed by atoms with van der Waals surface area (Å²) in [6, 6.07) is 0. The van der Waals surface area contributed by atoms with Crippen LogP contribution in [0.5, 0.6) is 0 Å². The lowest BCUT2D eigenvalue weighted by molar-refractivity contribution is -0.146. The van der Waals surface area contributed by atoms with Gasteiger partial charge in [0.05, 0.1) is 6.61 Å². The van der Waals surface area contributed by atoms with Gasteiger partial charge >= 0.3 is 5.97 Å². The van der Waals surface area contributed by atoms with Crippen molar-refractivity contribution in [3.05, 3.63) is 0 Å². The van der Waals surface area contributed by atoms with E-state index >= 15 is 0 Å². The summed E-state index contributed by atoms with van der Waals surface area (Å²) in [5.41, 5.74) is 5.61. The highest BCUT2D eigenvalue weighted by atomic mass is 16.6. The van der Waals surface area contributed by atoms with E-state index < -0.39 is 0 Å². The first-order valence-corrected chi connectivity index (χ1v) is 6.03. The van der Waals surface area contributed by atoms with Crippen LogP contribution >= 0.6 is 0 Å². The average Bonchev–Trinajstić information content (AvgIpc) is 2.23. The monoisotopic (exact) mass is 231 g/mol. The molecular formula is C12H25NO3. The number of hydrogen-bond donors (Lipinski definition) is 1. The summed E-state index contributed by atoms with van der Waals surface area (Å²) in [4.78, 5) is 11.4. The number of hydrogen-bond acceptors (Lipinski definition) is 4. The molecule has 4 heteroatoms. The molecule has 0 saturated carbocycles. The summed E-state index contributed by atoms with van der Waals surface area (Å²) in [5.74, 6) is 0.625. The Balaban J connectivity index is 3.66. The molecule has 0 radical (unpaired) electrons. The summed E-state index contributed by atoms with van der Waals surface area (Å²) in [5, 5.41) is 0. The number of carbonyl (C=O) groups is 1. The molecule has 0 spiro atoms. The van der Waals surface area contributed by atoms with E-state index in [1.54, 1.807) is 0 Å². The van der Waals surface area contributed by atoms with Crippen LogP contribution in [0.4, 0.5) is 0 Å². The maximum Gasteiger partial charge on any atom is 0.306 e. The Hall–Kier alpha value is -0.610. The summed E-state index contributed by atoms with van der Waals surface area (Å²) >= 11 is 0. The fraction of sp³-hybridized carbons (Fsp3) is 0.917. The Labute approximate surface area is 98.5 Å². The predicted molar refractivity (Wildman–Crippen MR) is 64.1 cm³/mol. The molecule has 16 heavy (non-hydrogen) atoms. The van der Waals surface area contributed by atoms with Crippen LogP contribution in [0.2, 0.25) is 0 Å². The Kier molecular flexibility index (Phi) is 9.24. The molecule has 0 unspecified atom stereocenters. The van der Waals surface area contributed by atoms with Gasteiger partial charge in [0.15, 0.2) is 0 Å². The third kappa shape index (κ3) is 8.68. The Morgan fingerprint density at radius 1 is 1.31 bits per heavy atom. The lowest BCUT2D eigenvalue weighted by Crippen LogP contribution is -2.22. The molecule has 0 saturated heterocycles. The zero-order valence-corrected chi connectivity index (χ0v) is 10.7. The van der Waals surface area contributed by atoms with Gasteiger partial charge < -0.3 is 15.2 Å². The molecule has 0 rings (SSSR count). The fourth-order valence-corrected chi connectivity index (χ4v) is 1.58. The highest BCUT2D eigenvalue weighted by Crippen LogP contribution is 2.14. The second-order valence-corrected chi connectivity index (χ2v) is 4.35. The van der Waals surface area contributed by atoms with Gasteiger partial charge in [-0.25, -0.2) is 0 Å². The van der Waals surface area contributed by atoms with Crippen molar-refractivity contribution in [3.8, 4) is 0 Å². The quantitative estimate of drug-likeness (QED) is 0.483. The van der Waals surface area contributed by atoms with Crippen molar-refractivity contribution in [2.24, 2.45) is 17.6 Å². The molecule has 0 heterocycles. The molecule has 0 aromatic rings. The van der Waals surface area contributed by atoms with Crippen LogP contribution in [0.25, 0.3) is 0 Å². The minimum Gasteiger partial charge on any atom is -0.463 e. The van der Waals surface area contributed by atoms with Crippen LogP contribution in [-0.2, 0) is 14.3 Å². The summed E-state index contributed by atoms with van der Waals surface area (Å²) in [7, 11) is 0. The van der Waals surface area contributed by atoms with Crippen molar-refractivity contribution in [1.29, 1.82) is 0 Å². The average molecular weight is 231 g/mol. The van der Waals surface area contributed by atoms with E-state index in [1.165, 1.54) is 0 Å². The number of carbonyl (C=O) groups excluding carboxylic acids is 1. The highest BCUT2D eigenvalue weighted by molar-refractivity contribution is 5.69. The normalized spacial score (nSPS) is 12.8. The Morgan fingerprint density at radius 3 is 2.50 bits per heavy atom. The van der Waals surface area contributed by atoms with Gasteiger partial charge in [0.1, 0.15) is 6.61 Å². The van der Waals surface area contributed by atoms with Gasteiger partial charge in [0.25, 0.3) is 0 Å². The van der Waals surface area contributed by atoms with Crippen molar-refractivity contribution in [2.45, 2.75) is 33.6 Å². The van der Waals surface area contributed by atoms with Gasteiger partial charge in [-0.05, 0) is 31.7 Å². The maximum absolute atomic E-state index is 11.4. The van der Waals surface area contributed by atoms with E-state index in [9.17, 15) is 4.79 Å². The number of nitrogens with two attached hydrogens (primary N) is 1. The lowest BCUT2D eigenvalue weighted by Gasteiger charge is -2.16. The standard InChI is InChI=1S/C12H25NO3/c1-4-15-5-6-16-12(14)8-11(9-13)7-10(2)3/h10-11H,4-9,13H2,1-3H3/t11-/m0/s1. The first-order chi connectivity index (χ1) is 7.60. The van der Waals surface area contributed by atoms with Gasteiger partial charge in [0, 0.05) is 13.0 Å². The van der Waals surface area contributed by atoms with Crippen molar-refractivity contribution < 1.29 is 14.3 Å². The van der Waals surface area contributed by atoms with E-state index in [-0.39, 0.29) is 11.9 Å². The first-order valence-electron chi connectivity index (χ1n) is 6.03. The van der Waals surface area contributed by atoms with Crippen LogP contribution in [0.3, 0.4) is 0 Å². The largest absolute Gasteiger partial charge is 0.463 e. The molecular weight excluding hydrogens is 206 g/mol. The molecule has 0 bridgehead atoms. The van der Waals surface area contributed by atoms with E-state index in [2.05, 4.69) is 13.8 Å². The molecule has 0 aliphatic heterocycles. The van der Waals surface area contributed by atoms with Gasteiger partial charge in [-0.15, -0.1) is 0 Å². The molecule has 96 valence electrons. The molecule has 0 fully saturated rings. The first kappa shape index (κ1) is 15.4. The van der Waals surface area contributed by atoms with Gasteiger partial charge in [-0.1, -0.05) is 13.8 Å². The molecule has 2 N–H and O–H groups in total. The number of esters is 1. The van der Waals surface area contributed by atoms with Crippen molar-refractivity contribution >= 4 is 5.97 Å². The van der Waals surface area contributed by atoms with E-state index in [0.717, 1.165) is 6.42 Å². The van der Waals surface area contributed by atoms with Crippen molar-refractivity contribution in [3.63, 3.8) is 0 Å². The Morgan fingerprint density at radius 2 is 2.00 bits per heavy atom. The molecule has 0 aliphatic carbocycles. The smallest absolute Gasteiger partial charge is 0.306 e. The van der Waals surface area contributed by atoms with Crippen LogP contribution in [0.1, 0.15) is 33.6 Å². The van der Waals surface area contributed by atoms with Gasteiger partial charge in [0.2, 0.25) is 0 Å². The highest BCUT2D eigenvalue weighted by Gasteiger charge is 2.14.